The number of carbonyl (C=O) groups is 2. The van der Waals surface area contributed by atoms with E-state index in [0.29, 0.717) is 53.0 Å². The first-order valence-electron chi connectivity index (χ1n) is 18.1. The molecule has 0 N–H and O–H groups in total. The van der Waals surface area contributed by atoms with Gasteiger partial charge >= 0.3 is 0 Å². The molecule has 4 aliphatic rings. The van der Waals surface area contributed by atoms with Gasteiger partial charge in [0.05, 0.1) is 62.0 Å². The number of ether oxygens (including phenoxy) is 4. The minimum atomic E-state index is -0.129. The molecular weight excluding hydrogens is 644 g/mol. The van der Waals surface area contributed by atoms with E-state index >= 15 is 0 Å². The molecule has 4 heterocycles. The van der Waals surface area contributed by atoms with Crippen LogP contribution in [0, 0.1) is 10.8 Å². The van der Waals surface area contributed by atoms with Crippen LogP contribution in [0.4, 0.5) is 11.4 Å². The van der Waals surface area contributed by atoms with Gasteiger partial charge in [0.1, 0.15) is 0 Å². The number of hydrogen-bond acceptors (Lipinski definition) is 8. The first kappa shape index (κ1) is 36.3. The van der Waals surface area contributed by atoms with Crippen LogP contribution >= 0.6 is 0 Å². The van der Waals surface area contributed by atoms with Gasteiger partial charge in [-0.2, -0.15) is 0 Å². The van der Waals surface area contributed by atoms with Crippen molar-refractivity contribution < 1.29 is 28.5 Å². The second-order valence-electron chi connectivity index (χ2n) is 16.3. The molecule has 0 fully saturated rings. The minimum Gasteiger partial charge on any atom is -0.493 e. The number of anilines is 1. The van der Waals surface area contributed by atoms with Crippen molar-refractivity contribution in [3.63, 3.8) is 0 Å². The van der Waals surface area contributed by atoms with Gasteiger partial charge in [-0.25, -0.2) is 0 Å². The largest absolute Gasteiger partial charge is 0.493 e. The molecular formula is C41H54N4O6. The summed E-state index contributed by atoms with van der Waals surface area (Å²) in [6, 6.07) is 7.56. The predicted octanol–water partition coefficient (Wildman–Crippen LogP) is 8.18. The van der Waals surface area contributed by atoms with Gasteiger partial charge in [-0.1, -0.05) is 38.8 Å². The normalized spacial score (nSPS) is 21.3. The molecule has 10 nitrogen and oxygen atoms in total. The Kier molecular flexibility index (Phi) is 9.92. The Morgan fingerprint density at radius 1 is 0.765 bits per heavy atom. The Hall–Kier alpha value is -4.47. The molecule has 2 amide bonds. The van der Waals surface area contributed by atoms with E-state index in [4.69, 9.17) is 18.9 Å². The van der Waals surface area contributed by atoms with Crippen molar-refractivity contribution in [1.82, 2.24) is 9.80 Å². The molecule has 0 aliphatic carbocycles. The summed E-state index contributed by atoms with van der Waals surface area (Å²) in [4.78, 5) is 37.5. The van der Waals surface area contributed by atoms with Gasteiger partial charge in [-0.05, 0) is 75.8 Å². The SMILES string of the molecule is COc1cc2c(cc1OCCC(C)(C)CCC(C)(C)COc1cc3c(cc1OC)C(=O)N1C=C(C)CC1C=N3)N(C)C(C)C1CC(C)=CN1C2=O. The second-order valence-corrected chi connectivity index (χ2v) is 16.3. The Morgan fingerprint density at radius 2 is 1.37 bits per heavy atom. The lowest BCUT2D eigenvalue weighted by molar-refractivity contribution is 0.0779. The second kappa shape index (κ2) is 13.9. The number of fused-ring (bicyclic) bond motifs is 4. The van der Waals surface area contributed by atoms with Crippen molar-refractivity contribution in [3.8, 4) is 23.0 Å². The molecule has 51 heavy (non-hydrogen) atoms. The lowest BCUT2D eigenvalue weighted by Gasteiger charge is -2.32. The molecule has 4 aliphatic heterocycles. The lowest BCUT2D eigenvalue weighted by Crippen LogP contribution is -2.44. The minimum absolute atomic E-state index is 0.00207. The van der Waals surface area contributed by atoms with E-state index in [1.165, 1.54) is 5.57 Å². The highest BCUT2D eigenvalue weighted by Crippen LogP contribution is 2.43. The van der Waals surface area contributed by atoms with Gasteiger partial charge in [-0.15, -0.1) is 0 Å². The number of hydrogen-bond donors (Lipinski definition) is 0. The predicted molar refractivity (Wildman–Crippen MR) is 201 cm³/mol. The maximum absolute atomic E-state index is 13.6. The van der Waals surface area contributed by atoms with Gasteiger partial charge in [0.2, 0.25) is 0 Å². The van der Waals surface area contributed by atoms with Crippen LogP contribution in [-0.4, -0.2) is 80.4 Å². The third-order valence-electron chi connectivity index (χ3n) is 11.1. The van der Waals surface area contributed by atoms with Crippen molar-refractivity contribution >= 4 is 29.4 Å². The molecule has 3 unspecified atom stereocenters. The number of rotatable bonds is 12. The van der Waals surface area contributed by atoms with Crippen molar-refractivity contribution in [2.45, 2.75) is 98.7 Å². The highest BCUT2D eigenvalue weighted by Gasteiger charge is 2.40. The number of amides is 2. The van der Waals surface area contributed by atoms with Gasteiger partial charge in [0, 0.05) is 43.8 Å². The Labute approximate surface area is 303 Å². The summed E-state index contributed by atoms with van der Waals surface area (Å²) in [6.07, 6.45) is 10.2. The van der Waals surface area contributed by atoms with Crippen molar-refractivity contribution in [1.29, 1.82) is 0 Å². The summed E-state index contributed by atoms with van der Waals surface area (Å²) >= 11 is 0. The number of aliphatic imine (C=N–C) groups is 1. The Morgan fingerprint density at radius 3 is 2.08 bits per heavy atom. The summed E-state index contributed by atoms with van der Waals surface area (Å²) in [5.41, 5.74) is 4.86. The third kappa shape index (κ3) is 7.32. The standard InChI is InChI=1S/C41H54N4O6/c1-25-15-28-21-42-31-19-36(34(48-9)17-29(31)38(46)44(28)22-25)51-24-41(6,7)12-11-40(4,5)13-14-50-37-20-33-30(18-35(37)49-10)39(47)45-23-26(2)16-32(45)27(3)43(33)8/h17-23,27-28,32H,11-16,24H2,1-10H3. The van der Waals surface area contributed by atoms with E-state index in [0.717, 1.165) is 43.4 Å². The first-order valence-corrected chi connectivity index (χ1v) is 18.1. The third-order valence-corrected chi connectivity index (χ3v) is 11.1. The molecule has 0 bridgehead atoms. The summed E-state index contributed by atoms with van der Waals surface area (Å²) in [5.74, 6) is 2.24. The molecule has 0 spiro atoms. The molecule has 3 atom stereocenters. The number of benzene rings is 2. The van der Waals surface area contributed by atoms with E-state index < -0.39 is 0 Å². The van der Waals surface area contributed by atoms with E-state index in [1.807, 2.05) is 48.6 Å². The van der Waals surface area contributed by atoms with E-state index in [2.05, 4.69) is 58.5 Å². The van der Waals surface area contributed by atoms with Crippen LogP contribution in [-0.2, 0) is 0 Å². The van der Waals surface area contributed by atoms with Crippen LogP contribution in [0.1, 0.15) is 101 Å². The zero-order valence-electron chi connectivity index (χ0n) is 32.0. The molecule has 0 aromatic heterocycles. The monoisotopic (exact) mass is 698 g/mol. The zero-order valence-corrected chi connectivity index (χ0v) is 32.0. The maximum Gasteiger partial charge on any atom is 0.260 e. The average Bonchev–Trinajstić information content (AvgIpc) is 3.64. The van der Waals surface area contributed by atoms with Gasteiger partial charge in [0.25, 0.3) is 11.8 Å². The summed E-state index contributed by atoms with van der Waals surface area (Å²) < 4.78 is 24.2. The fourth-order valence-electron chi connectivity index (χ4n) is 7.46. The molecule has 2 aromatic carbocycles. The smallest absolute Gasteiger partial charge is 0.260 e. The number of carbonyl (C=O) groups excluding carboxylic acids is 2. The quantitative estimate of drug-likeness (QED) is 0.221. The topological polar surface area (TPSA) is 93.1 Å². The van der Waals surface area contributed by atoms with Crippen LogP contribution in [0.5, 0.6) is 23.0 Å². The van der Waals surface area contributed by atoms with Gasteiger partial charge < -0.3 is 33.6 Å². The Bertz CT molecular complexity index is 1790. The van der Waals surface area contributed by atoms with E-state index in [9.17, 15) is 9.59 Å². The van der Waals surface area contributed by atoms with Crippen LogP contribution in [0.2, 0.25) is 0 Å². The summed E-state index contributed by atoms with van der Waals surface area (Å²) in [5, 5.41) is 0. The molecule has 0 saturated carbocycles. The lowest BCUT2D eigenvalue weighted by atomic mass is 9.78. The van der Waals surface area contributed by atoms with Crippen LogP contribution in [0.15, 0.2) is 52.8 Å². The van der Waals surface area contributed by atoms with Gasteiger partial charge in [0.15, 0.2) is 23.0 Å². The average molecular weight is 699 g/mol. The summed E-state index contributed by atoms with van der Waals surface area (Å²) in [7, 11) is 5.27. The molecule has 10 heteroatoms. The highest BCUT2D eigenvalue weighted by atomic mass is 16.5. The van der Waals surface area contributed by atoms with Crippen molar-refractivity contribution in [3.05, 3.63) is 58.9 Å². The molecule has 2 aromatic rings. The number of methoxy groups -OCH3 is 2. The zero-order chi connectivity index (χ0) is 36.8. The molecule has 0 radical (unpaired) electrons. The molecule has 274 valence electrons. The summed E-state index contributed by atoms with van der Waals surface area (Å²) in [6.45, 7) is 16.2. The van der Waals surface area contributed by atoms with Gasteiger partial charge in [-0.3, -0.25) is 14.6 Å². The molecule has 0 saturated heterocycles. The van der Waals surface area contributed by atoms with Crippen LogP contribution in [0.3, 0.4) is 0 Å². The highest BCUT2D eigenvalue weighted by molar-refractivity contribution is 6.04. The van der Waals surface area contributed by atoms with E-state index in [1.54, 1.807) is 25.2 Å². The first-order chi connectivity index (χ1) is 24.1. The molecule has 6 rings (SSSR count). The fraction of sp³-hybridized carbons (Fsp3) is 0.537. The van der Waals surface area contributed by atoms with Crippen LogP contribution in [0.25, 0.3) is 0 Å². The van der Waals surface area contributed by atoms with Crippen LogP contribution < -0.4 is 23.8 Å². The Balaban J connectivity index is 1.06. The number of likely N-dealkylation sites (N-methyl/N-ethyl adjacent to an activating group) is 1. The van der Waals surface area contributed by atoms with Crippen molar-refractivity contribution in [2.24, 2.45) is 15.8 Å². The van der Waals surface area contributed by atoms with E-state index in [-0.39, 0.29) is 40.8 Å². The number of nitrogens with zero attached hydrogens (tertiary/aromatic N) is 4. The maximum atomic E-state index is 13.6. The fourth-order valence-corrected chi connectivity index (χ4v) is 7.46. The van der Waals surface area contributed by atoms with Crippen molar-refractivity contribution in [2.75, 3.05) is 39.4 Å².